The second-order valence-electron chi connectivity index (χ2n) is 11.7. The van der Waals surface area contributed by atoms with Gasteiger partial charge in [-0.2, -0.15) is 13.2 Å². The van der Waals surface area contributed by atoms with Crippen molar-refractivity contribution in [1.29, 1.82) is 0 Å². The lowest BCUT2D eigenvalue weighted by molar-refractivity contribution is -0.181. The molecule has 0 aromatic heterocycles. The predicted molar refractivity (Wildman–Crippen MR) is 151 cm³/mol. The SMILES string of the molecule is CC(=O)O[C@@H](C)C(=O)O[C@H](C(=O)OC1=CC[C@@]2(O)[C@H]3Cc4ccc(O)c5c4[C@@]2(CCN3C)[C@H]1O5)c1ccccc1.O=CC(F)(F)F. The number of halogens is 3. The predicted octanol–water partition coefficient (Wildman–Crippen LogP) is 3.20. The number of likely N-dealkylation sites (N-methyl/N-ethyl adjacent to an activating group) is 1. The summed E-state index contributed by atoms with van der Waals surface area (Å²) in [5, 5.41) is 23.0. The van der Waals surface area contributed by atoms with Gasteiger partial charge in [-0.3, -0.25) is 9.59 Å². The first-order valence-corrected chi connectivity index (χ1v) is 14.4. The van der Waals surface area contributed by atoms with Gasteiger partial charge in [0.25, 0.3) is 0 Å². The van der Waals surface area contributed by atoms with Gasteiger partial charge in [-0.25, -0.2) is 9.59 Å². The molecule has 1 fully saturated rings. The van der Waals surface area contributed by atoms with Gasteiger partial charge in [0.05, 0.1) is 11.0 Å². The first kappa shape index (κ1) is 32.9. The van der Waals surface area contributed by atoms with Crippen LogP contribution in [-0.4, -0.2) is 82.9 Å². The number of alkyl halides is 3. The van der Waals surface area contributed by atoms with E-state index in [1.165, 1.54) is 13.8 Å². The Morgan fingerprint density at radius 1 is 1.11 bits per heavy atom. The number of carbonyl (C=O) groups excluding carboxylic acids is 4. The molecule has 2 N–H and O–H groups in total. The van der Waals surface area contributed by atoms with Gasteiger partial charge < -0.3 is 34.1 Å². The maximum atomic E-state index is 13.7. The number of carbonyl (C=O) groups is 4. The van der Waals surface area contributed by atoms with E-state index in [9.17, 15) is 37.8 Å². The van der Waals surface area contributed by atoms with E-state index in [4.69, 9.17) is 23.7 Å². The van der Waals surface area contributed by atoms with E-state index in [0.717, 1.165) is 11.1 Å². The van der Waals surface area contributed by atoms with Crippen LogP contribution in [0.2, 0.25) is 0 Å². The number of ether oxygens (including phenoxy) is 4. The van der Waals surface area contributed by atoms with E-state index in [-0.39, 0.29) is 24.0 Å². The molecule has 46 heavy (non-hydrogen) atoms. The molecule has 11 nitrogen and oxygen atoms in total. The Bertz CT molecular complexity index is 1580. The van der Waals surface area contributed by atoms with Crippen LogP contribution in [0.15, 0.2) is 54.3 Å². The Balaban J connectivity index is 0.000000635. The van der Waals surface area contributed by atoms with E-state index in [1.54, 1.807) is 42.5 Å². The lowest BCUT2D eigenvalue weighted by Gasteiger charge is -2.61. The molecule has 2 aromatic carbocycles. The molecule has 0 amide bonds. The average Bonchev–Trinajstić information content (AvgIpc) is 3.36. The minimum Gasteiger partial charge on any atom is -0.504 e. The average molecular weight is 648 g/mol. The van der Waals surface area contributed by atoms with E-state index < -0.39 is 59.7 Å². The largest absolute Gasteiger partial charge is 0.504 e. The molecule has 6 rings (SSSR count). The molecule has 6 atom stereocenters. The third kappa shape index (κ3) is 5.60. The highest BCUT2D eigenvalue weighted by Gasteiger charge is 2.72. The third-order valence-corrected chi connectivity index (χ3v) is 8.93. The Labute approximate surface area is 261 Å². The van der Waals surface area contributed by atoms with Crippen LogP contribution in [-0.2, 0) is 45.2 Å². The Morgan fingerprint density at radius 3 is 2.41 bits per heavy atom. The molecule has 246 valence electrons. The number of esters is 3. The Hall–Kier alpha value is -4.43. The van der Waals surface area contributed by atoms with Crippen LogP contribution in [0.5, 0.6) is 11.5 Å². The maximum Gasteiger partial charge on any atom is 0.446 e. The molecular weight excluding hydrogens is 615 g/mol. The van der Waals surface area contributed by atoms with Gasteiger partial charge in [-0.05, 0) is 51.1 Å². The zero-order chi connectivity index (χ0) is 33.6. The number of likely N-dealkylation sites (tertiary alicyclic amines) is 1. The molecule has 4 aliphatic rings. The van der Waals surface area contributed by atoms with Gasteiger partial charge in [0, 0.05) is 30.5 Å². The molecule has 0 unspecified atom stereocenters. The van der Waals surface area contributed by atoms with Gasteiger partial charge in [0.1, 0.15) is 5.76 Å². The number of aromatic hydroxyl groups is 1. The molecule has 0 radical (unpaired) electrons. The molecular formula is C32H32F3NO10. The van der Waals surface area contributed by atoms with Crippen molar-refractivity contribution in [2.24, 2.45) is 0 Å². The Kier molecular flexibility index (Phi) is 8.64. The number of rotatable bonds is 6. The van der Waals surface area contributed by atoms with Crippen molar-refractivity contribution in [1.82, 2.24) is 4.90 Å². The molecule has 1 spiro atoms. The van der Waals surface area contributed by atoms with Crippen molar-refractivity contribution in [3.8, 4) is 11.5 Å². The second kappa shape index (κ2) is 12.1. The molecule has 1 saturated heterocycles. The maximum absolute atomic E-state index is 13.7. The van der Waals surface area contributed by atoms with Gasteiger partial charge in [-0.15, -0.1) is 0 Å². The number of nitrogens with zero attached hydrogens (tertiary/aromatic N) is 1. The van der Waals surface area contributed by atoms with Crippen LogP contribution < -0.4 is 4.74 Å². The van der Waals surface area contributed by atoms with Crippen LogP contribution in [0.3, 0.4) is 0 Å². The fourth-order valence-electron chi connectivity index (χ4n) is 7.00. The summed E-state index contributed by atoms with van der Waals surface area (Å²) < 4.78 is 53.9. The number of aliphatic hydroxyl groups is 1. The summed E-state index contributed by atoms with van der Waals surface area (Å²) in [7, 11) is 1.99. The molecule has 2 heterocycles. The van der Waals surface area contributed by atoms with Crippen molar-refractivity contribution in [3.05, 3.63) is 71.0 Å². The highest BCUT2D eigenvalue weighted by atomic mass is 19.4. The number of aldehydes is 1. The summed E-state index contributed by atoms with van der Waals surface area (Å²) in [4.78, 5) is 48.6. The minimum atomic E-state index is -4.64. The van der Waals surface area contributed by atoms with Crippen LogP contribution in [0, 0.1) is 0 Å². The van der Waals surface area contributed by atoms with E-state index >= 15 is 0 Å². The molecule has 2 aromatic rings. The van der Waals surface area contributed by atoms with Crippen molar-refractivity contribution in [3.63, 3.8) is 0 Å². The van der Waals surface area contributed by atoms with Crippen molar-refractivity contribution in [2.75, 3.05) is 13.6 Å². The first-order chi connectivity index (χ1) is 21.6. The smallest absolute Gasteiger partial charge is 0.446 e. The quantitative estimate of drug-likeness (QED) is 0.271. The number of benzene rings is 2. The molecule has 2 aliphatic heterocycles. The molecule has 0 saturated carbocycles. The molecule has 14 heteroatoms. The molecule has 2 bridgehead atoms. The van der Waals surface area contributed by atoms with Crippen molar-refractivity contribution >= 4 is 24.2 Å². The minimum absolute atomic E-state index is 0.0384. The number of piperidine rings is 1. The summed E-state index contributed by atoms with van der Waals surface area (Å²) in [6.07, 6.45) is -6.26. The highest BCUT2D eigenvalue weighted by Crippen LogP contribution is 2.65. The Morgan fingerprint density at radius 2 is 1.78 bits per heavy atom. The normalized spacial score (nSPS) is 26.9. The third-order valence-electron chi connectivity index (χ3n) is 8.93. The number of phenols is 1. The van der Waals surface area contributed by atoms with Gasteiger partial charge in [0.2, 0.25) is 12.4 Å². The summed E-state index contributed by atoms with van der Waals surface area (Å²) in [5.74, 6) is -1.99. The number of hydrogen-bond donors (Lipinski definition) is 2. The highest BCUT2D eigenvalue weighted by molar-refractivity contribution is 5.84. The monoisotopic (exact) mass is 647 g/mol. The second-order valence-corrected chi connectivity index (χ2v) is 11.7. The van der Waals surface area contributed by atoms with Gasteiger partial charge in [0.15, 0.2) is 23.7 Å². The summed E-state index contributed by atoms with van der Waals surface area (Å²) in [5.41, 5.74) is -0.0162. The zero-order valence-electron chi connectivity index (χ0n) is 25.1. The summed E-state index contributed by atoms with van der Waals surface area (Å²) in [6.45, 7) is 3.21. The standard InChI is InChI=1S/C30H31NO9.C2HF3O/c1-16(37-17(2)32)27(34)40-24(18-7-5-4-6-8-18)28(35)38-21-11-12-30(36)22-15-19-9-10-20(33)25-23(19)29(30,26(21)39-25)13-14-31(22)3;3-2(4,5)1-6/h4-11,16,22,24,26,33,36H,12-15H2,1-3H3;1H/t16-,22+,24-,26-,29-,30+;/m0./s1. The van der Waals surface area contributed by atoms with Gasteiger partial charge in [-0.1, -0.05) is 36.4 Å². The summed E-state index contributed by atoms with van der Waals surface area (Å²) >= 11 is 0. The molecule has 2 aliphatic carbocycles. The van der Waals surface area contributed by atoms with Gasteiger partial charge >= 0.3 is 24.1 Å². The van der Waals surface area contributed by atoms with Crippen LogP contribution in [0.4, 0.5) is 13.2 Å². The van der Waals surface area contributed by atoms with E-state index in [2.05, 4.69) is 4.90 Å². The van der Waals surface area contributed by atoms with E-state index in [0.29, 0.717) is 30.7 Å². The number of phenolic OH excluding ortho intramolecular Hbond substituents is 1. The van der Waals surface area contributed by atoms with E-state index in [1.807, 2.05) is 13.1 Å². The number of hydrogen-bond acceptors (Lipinski definition) is 11. The first-order valence-electron chi connectivity index (χ1n) is 14.4. The topological polar surface area (TPSA) is 149 Å². The van der Waals surface area contributed by atoms with Crippen molar-refractivity contribution < 1.29 is 61.5 Å². The summed E-state index contributed by atoms with van der Waals surface area (Å²) in [6, 6.07) is 11.7. The van der Waals surface area contributed by atoms with Crippen LogP contribution >= 0.6 is 0 Å². The fraction of sp³-hybridized carbons (Fsp3) is 0.438. The lowest BCUT2D eigenvalue weighted by Crippen LogP contribution is -2.74. The zero-order valence-corrected chi connectivity index (χ0v) is 25.1. The lowest BCUT2D eigenvalue weighted by atomic mass is 9.50. The fourth-order valence-corrected chi connectivity index (χ4v) is 7.00. The van der Waals surface area contributed by atoms with Crippen molar-refractivity contribution in [2.45, 2.75) is 74.7 Å². The van der Waals surface area contributed by atoms with Crippen LogP contribution in [0.25, 0.3) is 0 Å². The van der Waals surface area contributed by atoms with Crippen LogP contribution in [0.1, 0.15) is 49.5 Å².